The predicted molar refractivity (Wildman–Crippen MR) is 113 cm³/mol. The van der Waals surface area contributed by atoms with Crippen LogP contribution in [-0.4, -0.2) is 66.8 Å². The minimum atomic E-state index is -0.204. The van der Waals surface area contributed by atoms with E-state index in [1.165, 1.54) is 18.6 Å². The van der Waals surface area contributed by atoms with Crippen LogP contribution in [0, 0.1) is 0 Å². The minimum Gasteiger partial charge on any atom is -0.469 e. The second kappa shape index (κ2) is 11.2. The highest BCUT2D eigenvalue weighted by Gasteiger charge is 2.24. The molecule has 1 aromatic heterocycles. The molecule has 1 amide bonds. The van der Waals surface area contributed by atoms with Crippen molar-refractivity contribution < 1.29 is 13.9 Å². The number of rotatable bonds is 7. The summed E-state index contributed by atoms with van der Waals surface area (Å²) in [5.74, 6) is 3.09. The minimum absolute atomic E-state index is 0.204. The van der Waals surface area contributed by atoms with Gasteiger partial charge < -0.3 is 24.7 Å². The van der Waals surface area contributed by atoms with Gasteiger partial charge in [0.2, 0.25) is 0 Å². The molecule has 2 N–H and O–H groups in total. The fourth-order valence-corrected chi connectivity index (χ4v) is 4.69. The zero-order valence-corrected chi connectivity index (χ0v) is 17.5. The van der Waals surface area contributed by atoms with Crippen LogP contribution in [0.4, 0.5) is 4.79 Å². The summed E-state index contributed by atoms with van der Waals surface area (Å²) >= 11 is 2.02. The number of ether oxygens (including phenoxy) is 1. The van der Waals surface area contributed by atoms with E-state index < -0.39 is 0 Å². The summed E-state index contributed by atoms with van der Waals surface area (Å²) in [6.07, 6.45) is 6.68. The van der Waals surface area contributed by atoms with Gasteiger partial charge in [-0.2, -0.15) is 11.8 Å². The molecule has 1 unspecified atom stereocenters. The lowest BCUT2D eigenvalue weighted by atomic mass is 10.1. The van der Waals surface area contributed by atoms with E-state index in [2.05, 4.69) is 10.6 Å². The van der Waals surface area contributed by atoms with Crippen molar-refractivity contribution in [3.63, 3.8) is 0 Å². The summed E-state index contributed by atoms with van der Waals surface area (Å²) in [4.78, 5) is 18.5. The van der Waals surface area contributed by atoms with E-state index in [9.17, 15) is 4.79 Å². The number of nitrogens with one attached hydrogen (secondary N) is 2. The highest BCUT2D eigenvalue weighted by atomic mass is 32.2. The van der Waals surface area contributed by atoms with Gasteiger partial charge in [-0.05, 0) is 50.5 Å². The number of furan rings is 1. The van der Waals surface area contributed by atoms with Crippen LogP contribution in [0.1, 0.15) is 38.4 Å². The van der Waals surface area contributed by atoms with Crippen molar-refractivity contribution in [2.24, 2.45) is 4.99 Å². The van der Waals surface area contributed by atoms with E-state index >= 15 is 0 Å². The Morgan fingerprint density at radius 3 is 2.93 bits per heavy atom. The number of hydrogen-bond donors (Lipinski definition) is 2. The molecule has 8 heteroatoms. The molecule has 2 fully saturated rings. The molecule has 3 rings (SSSR count). The molecular formula is C20H32N4O3S. The van der Waals surface area contributed by atoms with Gasteiger partial charge >= 0.3 is 6.09 Å². The second-order valence-corrected chi connectivity index (χ2v) is 8.59. The van der Waals surface area contributed by atoms with Crippen molar-refractivity contribution in [3.05, 3.63) is 24.2 Å². The summed E-state index contributed by atoms with van der Waals surface area (Å²) in [6.45, 7) is 5.32. The molecule has 2 aliphatic heterocycles. The number of carbonyl (C=O) groups excluding carboxylic acids is 1. The lowest BCUT2D eigenvalue weighted by Gasteiger charge is -2.32. The third-order valence-electron chi connectivity index (χ3n) is 5.08. The van der Waals surface area contributed by atoms with Gasteiger partial charge in [0.25, 0.3) is 0 Å². The predicted octanol–water partition coefficient (Wildman–Crippen LogP) is 2.87. The number of likely N-dealkylation sites (tertiary alicyclic amines) is 1. The zero-order valence-electron chi connectivity index (χ0n) is 16.7. The third kappa shape index (κ3) is 6.65. The molecule has 0 aliphatic carbocycles. The number of carbonyl (C=O) groups is 1. The van der Waals surface area contributed by atoms with Gasteiger partial charge in [-0.1, -0.05) is 0 Å². The summed E-state index contributed by atoms with van der Waals surface area (Å²) in [7, 11) is 0. The summed E-state index contributed by atoms with van der Waals surface area (Å²) < 4.78 is 10.5. The van der Waals surface area contributed by atoms with Crippen molar-refractivity contribution in [2.45, 2.75) is 50.3 Å². The SMILES string of the molecule is CCOC(=O)N1CCC(NC(=NCC2CCCS2)NCCc2ccco2)CC1. The topological polar surface area (TPSA) is 79.1 Å². The van der Waals surface area contributed by atoms with E-state index in [1.807, 2.05) is 30.8 Å². The van der Waals surface area contributed by atoms with Crippen molar-refractivity contribution >= 4 is 23.8 Å². The van der Waals surface area contributed by atoms with Crippen molar-refractivity contribution in [1.82, 2.24) is 15.5 Å². The number of piperidine rings is 1. The molecule has 0 bridgehead atoms. The van der Waals surface area contributed by atoms with Crippen LogP contribution >= 0.6 is 11.8 Å². The molecule has 0 spiro atoms. The van der Waals surface area contributed by atoms with E-state index in [4.69, 9.17) is 14.1 Å². The molecule has 1 aromatic rings. The van der Waals surface area contributed by atoms with E-state index in [1.54, 1.807) is 11.2 Å². The Morgan fingerprint density at radius 2 is 2.25 bits per heavy atom. The van der Waals surface area contributed by atoms with Gasteiger partial charge in [0.05, 0.1) is 19.4 Å². The Morgan fingerprint density at radius 1 is 1.39 bits per heavy atom. The van der Waals surface area contributed by atoms with Crippen molar-refractivity contribution in [3.8, 4) is 0 Å². The molecule has 0 radical (unpaired) electrons. The Balaban J connectivity index is 1.48. The lowest BCUT2D eigenvalue weighted by molar-refractivity contribution is 0.0963. The van der Waals surface area contributed by atoms with Gasteiger partial charge in [0.15, 0.2) is 5.96 Å². The molecule has 3 heterocycles. The van der Waals surface area contributed by atoms with Crippen LogP contribution in [0.2, 0.25) is 0 Å². The molecule has 0 aromatic carbocycles. The molecule has 7 nitrogen and oxygen atoms in total. The summed E-state index contributed by atoms with van der Waals surface area (Å²) in [5.41, 5.74) is 0. The van der Waals surface area contributed by atoms with Gasteiger partial charge in [-0.3, -0.25) is 4.99 Å². The number of hydrogen-bond acceptors (Lipinski definition) is 5. The molecule has 1 atom stereocenters. The van der Waals surface area contributed by atoms with Crippen molar-refractivity contribution in [2.75, 3.05) is 38.5 Å². The number of guanidine groups is 1. The van der Waals surface area contributed by atoms with Crippen LogP contribution in [0.25, 0.3) is 0 Å². The molecule has 156 valence electrons. The number of thioether (sulfide) groups is 1. The lowest BCUT2D eigenvalue weighted by Crippen LogP contribution is -2.50. The molecule has 0 saturated carbocycles. The Kier molecular flexibility index (Phi) is 8.39. The maximum absolute atomic E-state index is 11.9. The Bertz CT molecular complexity index is 609. The highest BCUT2D eigenvalue weighted by Crippen LogP contribution is 2.26. The van der Waals surface area contributed by atoms with E-state index in [0.29, 0.717) is 31.0 Å². The second-order valence-electron chi connectivity index (χ2n) is 7.19. The quantitative estimate of drug-likeness (QED) is 0.534. The van der Waals surface area contributed by atoms with E-state index in [0.717, 1.165) is 44.1 Å². The molecule has 28 heavy (non-hydrogen) atoms. The van der Waals surface area contributed by atoms with Gasteiger partial charge in [0.1, 0.15) is 5.76 Å². The average molecular weight is 409 g/mol. The third-order valence-corrected chi connectivity index (χ3v) is 6.46. The number of nitrogens with zero attached hydrogens (tertiary/aromatic N) is 2. The van der Waals surface area contributed by atoms with Crippen LogP contribution in [0.3, 0.4) is 0 Å². The smallest absolute Gasteiger partial charge is 0.409 e. The van der Waals surface area contributed by atoms with Gasteiger partial charge in [-0.25, -0.2) is 4.79 Å². The van der Waals surface area contributed by atoms with Gasteiger partial charge in [-0.15, -0.1) is 0 Å². The first-order valence-corrected chi connectivity index (χ1v) is 11.4. The largest absolute Gasteiger partial charge is 0.469 e. The zero-order chi connectivity index (χ0) is 19.6. The summed E-state index contributed by atoms with van der Waals surface area (Å²) in [6, 6.07) is 4.22. The monoisotopic (exact) mass is 408 g/mol. The van der Waals surface area contributed by atoms with Crippen LogP contribution in [0.15, 0.2) is 27.8 Å². The van der Waals surface area contributed by atoms with Crippen LogP contribution in [0.5, 0.6) is 0 Å². The van der Waals surface area contributed by atoms with Crippen LogP contribution in [-0.2, 0) is 11.2 Å². The van der Waals surface area contributed by atoms with Gasteiger partial charge in [0, 0.05) is 37.3 Å². The first kappa shape index (κ1) is 20.9. The standard InChI is InChI=1S/C20H32N4O3S/c1-2-26-20(25)24-11-8-16(9-12-24)23-19(22-15-18-6-4-14-28-18)21-10-7-17-5-3-13-27-17/h3,5,13,16,18H,2,4,6-12,14-15H2,1H3,(H2,21,22,23). The Hall–Kier alpha value is -1.83. The van der Waals surface area contributed by atoms with E-state index in [-0.39, 0.29) is 6.09 Å². The fourth-order valence-electron chi connectivity index (χ4n) is 3.51. The molecular weight excluding hydrogens is 376 g/mol. The maximum Gasteiger partial charge on any atom is 0.409 e. The van der Waals surface area contributed by atoms with Crippen molar-refractivity contribution in [1.29, 1.82) is 0 Å². The highest BCUT2D eigenvalue weighted by molar-refractivity contribution is 8.00. The first-order valence-electron chi connectivity index (χ1n) is 10.3. The Labute approximate surface area is 171 Å². The summed E-state index contributed by atoms with van der Waals surface area (Å²) in [5, 5.41) is 7.65. The first-order chi connectivity index (χ1) is 13.7. The molecule has 2 aliphatic rings. The maximum atomic E-state index is 11.9. The normalized spacial score (nSPS) is 21.0. The number of amides is 1. The number of aliphatic imine (C=N–C) groups is 1. The average Bonchev–Trinajstić information content (AvgIpc) is 3.41. The molecule has 2 saturated heterocycles. The van der Waals surface area contributed by atoms with Crippen LogP contribution < -0.4 is 10.6 Å². The fraction of sp³-hybridized carbons (Fsp3) is 0.700.